The summed E-state index contributed by atoms with van der Waals surface area (Å²) in [5, 5.41) is 20.9. The molecule has 0 radical (unpaired) electrons. The Morgan fingerprint density at radius 3 is 2.81 bits per heavy atom. The first-order chi connectivity index (χ1) is 7.63. The molecule has 0 fully saturated rings. The Balaban J connectivity index is 2.52. The van der Waals surface area contributed by atoms with E-state index in [2.05, 4.69) is 19.2 Å². The fourth-order valence-corrected chi connectivity index (χ4v) is 1.47. The second-order valence-electron chi connectivity index (χ2n) is 4.12. The minimum atomic E-state index is -0.0889. The van der Waals surface area contributed by atoms with Gasteiger partial charge in [0.25, 0.3) is 0 Å². The number of hydrogen-bond acceptors (Lipinski definition) is 4. The fraction of sp³-hybridized carbons (Fsp3) is 0.583. The van der Waals surface area contributed by atoms with E-state index in [9.17, 15) is 0 Å². The lowest BCUT2D eigenvalue weighted by Gasteiger charge is -2.28. The molecule has 0 saturated carbocycles. The lowest BCUT2D eigenvalue weighted by atomic mass is 9.95. The Labute approximate surface area is 95.9 Å². The summed E-state index contributed by atoms with van der Waals surface area (Å²) in [6.45, 7) is 4.88. The molecule has 4 heteroatoms. The van der Waals surface area contributed by atoms with E-state index in [0.29, 0.717) is 18.7 Å². The number of aliphatic hydroxyl groups excluding tert-OH is 1. The lowest BCUT2D eigenvalue weighted by Crippen LogP contribution is -2.41. The van der Waals surface area contributed by atoms with Gasteiger partial charge in [-0.2, -0.15) is 5.26 Å². The van der Waals surface area contributed by atoms with Crippen molar-refractivity contribution in [3.8, 4) is 6.07 Å². The fourth-order valence-electron chi connectivity index (χ4n) is 1.47. The molecule has 1 atom stereocenters. The molecule has 1 aromatic heterocycles. The molecule has 1 rings (SSSR count). The first-order valence-electron chi connectivity index (χ1n) is 5.48. The third-order valence-corrected chi connectivity index (χ3v) is 2.91. The number of aliphatic hydroxyl groups is 1. The van der Waals surface area contributed by atoms with E-state index in [4.69, 9.17) is 14.8 Å². The molecule has 0 aliphatic carbocycles. The molecule has 1 aromatic rings. The summed E-state index contributed by atoms with van der Waals surface area (Å²) >= 11 is 0. The van der Waals surface area contributed by atoms with Gasteiger partial charge in [-0.05, 0) is 31.9 Å². The van der Waals surface area contributed by atoms with Crippen molar-refractivity contribution < 1.29 is 9.52 Å². The SMILES string of the molecule is CCC(C)(CCO)NCc1ccc(C#N)o1. The van der Waals surface area contributed by atoms with Gasteiger partial charge in [0, 0.05) is 12.1 Å². The van der Waals surface area contributed by atoms with Gasteiger partial charge in [-0.3, -0.25) is 0 Å². The van der Waals surface area contributed by atoms with E-state index in [1.54, 1.807) is 12.1 Å². The minimum Gasteiger partial charge on any atom is -0.449 e. The Bertz CT molecular complexity index is 367. The highest BCUT2D eigenvalue weighted by Crippen LogP contribution is 2.15. The molecule has 0 aromatic carbocycles. The van der Waals surface area contributed by atoms with Crippen LogP contribution in [0.2, 0.25) is 0 Å². The topological polar surface area (TPSA) is 69.2 Å². The van der Waals surface area contributed by atoms with Gasteiger partial charge in [-0.15, -0.1) is 0 Å². The first-order valence-corrected chi connectivity index (χ1v) is 5.48. The Hall–Kier alpha value is -1.31. The van der Waals surface area contributed by atoms with E-state index < -0.39 is 0 Å². The molecule has 0 aliphatic heterocycles. The average Bonchev–Trinajstić information content (AvgIpc) is 2.75. The molecule has 4 nitrogen and oxygen atoms in total. The highest BCUT2D eigenvalue weighted by Gasteiger charge is 2.20. The zero-order chi connectivity index (χ0) is 12.0. The van der Waals surface area contributed by atoms with Gasteiger partial charge in [0.05, 0.1) is 6.54 Å². The summed E-state index contributed by atoms with van der Waals surface area (Å²) < 4.78 is 5.26. The number of rotatable bonds is 6. The van der Waals surface area contributed by atoms with Crippen molar-refractivity contribution in [2.24, 2.45) is 0 Å². The molecule has 1 unspecified atom stereocenters. The van der Waals surface area contributed by atoms with Crippen LogP contribution in [0.4, 0.5) is 0 Å². The smallest absolute Gasteiger partial charge is 0.203 e. The van der Waals surface area contributed by atoms with Crippen LogP contribution in [0.3, 0.4) is 0 Å². The second kappa shape index (κ2) is 5.69. The number of hydrogen-bond donors (Lipinski definition) is 2. The first kappa shape index (κ1) is 12.8. The molecule has 1 heterocycles. The van der Waals surface area contributed by atoms with Gasteiger partial charge in [0.15, 0.2) is 0 Å². The Morgan fingerprint density at radius 1 is 1.56 bits per heavy atom. The standard InChI is InChI=1S/C12H18N2O2/c1-3-12(2,6-7-15)14-9-11-5-4-10(8-13)16-11/h4-5,14-15H,3,6-7,9H2,1-2H3. The quantitative estimate of drug-likeness (QED) is 0.770. The molecule has 0 spiro atoms. The molecule has 2 N–H and O–H groups in total. The predicted octanol–water partition coefficient (Wildman–Crippen LogP) is 1.79. The van der Waals surface area contributed by atoms with Crippen LogP contribution in [0.15, 0.2) is 16.5 Å². The van der Waals surface area contributed by atoms with Crippen molar-refractivity contribution in [1.29, 1.82) is 5.26 Å². The van der Waals surface area contributed by atoms with Crippen molar-refractivity contribution in [3.63, 3.8) is 0 Å². The van der Waals surface area contributed by atoms with Crippen LogP contribution in [-0.4, -0.2) is 17.3 Å². The van der Waals surface area contributed by atoms with Crippen LogP contribution in [0.5, 0.6) is 0 Å². The molecular formula is C12H18N2O2. The van der Waals surface area contributed by atoms with E-state index >= 15 is 0 Å². The third-order valence-electron chi connectivity index (χ3n) is 2.91. The minimum absolute atomic E-state index is 0.0889. The molecule has 0 aliphatic rings. The maximum atomic E-state index is 8.97. The van der Waals surface area contributed by atoms with Gasteiger partial charge in [0.1, 0.15) is 11.8 Å². The van der Waals surface area contributed by atoms with Crippen molar-refractivity contribution in [2.75, 3.05) is 6.61 Å². The number of nitrogens with one attached hydrogen (secondary N) is 1. The van der Waals surface area contributed by atoms with Crippen LogP contribution >= 0.6 is 0 Å². The van der Waals surface area contributed by atoms with Gasteiger partial charge in [-0.1, -0.05) is 6.92 Å². The van der Waals surface area contributed by atoms with E-state index in [0.717, 1.165) is 12.2 Å². The van der Waals surface area contributed by atoms with Gasteiger partial charge < -0.3 is 14.8 Å². The normalized spacial score (nSPS) is 14.4. The predicted molar refractivity (Wildman–Crippen MR) is 60.7 cm³/mol. The van der Waals surface area contributed by atoms with Crippen molar-refractivity contribution in [2.45, 2.75) is 38.8 Å². The lowest BCUT2D eigenvalue weighted by molar-refractivity contribution is 0.211. The third kappa shape index (κ3) is 3.37. The van der Waals surface area contributed by atoms with Crippen LogP contribution < -0.4 is 5.32 Å². The molecule has 0 bridgehead atoms. The van der Waals surface area contributed by atoms with Crippen molar-refractivity contribution in [3.05, 3.63) is 23.7 Å². The van der Waals surface area contributed by atoms with Crippen LogP contribution in [0.1, 0.15) is 38.2 Å². The summed E-state index contributed by atoms with van der Waals surface area (Å²) in [5.41, 5.74) is -0.0889. The zero-order valence-electron chi connectivity index (χ0n) is 9.79. The van der Waals surface area contributed by atoms with Gasteiger partial charge in [0.2, 0.25) is 5.76 Å². The number of nitrogens with zero attached hydrogens (tertiary/aromatic N) is 1. The largest absolute Gasteiger partial charge is 0.449 e. The maximum Gasteiger partial charge on any atom is 0.203 e. The van der Waals surface area contributed by atoms with Crippen LogP contribution in [0, 0.1) is 11.3 Å². The molecule has 16 heavy (non-hydrogen) atoms. The molecule has 88 valence electrons. The summed E-state index contributed by atoms with van der Waals surface area (Å²) in [7, 11) is 0. The van der Waals surface area contributed by atoms with E-state index in [-0.39, 0.29) is 12.1 Å². The second-order valence-corrected chi connectivity index (χ2v) is 4.12. The molecule has 0 amide bonds. The van der Waals surface area contributed by atoms with Crippen molar-refractivity contribution in [1.82, 2.24) is 5.32 Å². The summed E-state index contributed by atoms with van der Waals surface area (Å²) in [5.74, 6) is 1.08. The van der Waals surface area contributed by atoms with Crippen molar-refractivity contribution >= 4 is 0 Å². The summed E-state index contributed by atoms with van der Waals surface area (Å²) in [6, 6.07) is 5.40. The van der Waals surface area contributed by atoms with E-state index in [1.807, 2.05) is 6.07 Å². The average molecular weight is 222 g/mol. The molecular weight excluding hydrogens is 204 g/mol. The number of nitriles is 1. The monoisotopic (exact) mass is 222 g/mol. The van der Waals surface area contributed by atoms with E-state index in [1.165, 1.54) is 0 Å². The van der Waals surface area contributed by atoms with Crippen LogP contribution in [-0.2, 0) is 6.54 Å². The van der Waals surface area contributed by atoms with Gasteiger partial charge >= 0.3 is 0 Å². The Morgan fingerprint density at radius 2 is 2.31 bits per heavy atom. The number of furan rings is 1. The van der Waals surface area contributed by atoms with Crippen LogP contribution in [0.25, 0.3) is 0 Å². The summed E-state index contributed by atoms with van der Waals surface area (Å²) in [6.07, 6.45) is 1.63. The maximum absolute atomic E-state index is 8.97. The Kier molecular flexibility index (Phi) is 4.53. The van der Waals surface area contributed by atoms with Gasteiger partial charge in [-0.25, -0.2) is 0 Å². The zero-order valence-corrected chi connectivity index (χ0v) is 9.79. The highest BCUT2D eigenvalue weighted by molar-refractivity contribution is 5.19. The molecule has 0 saturated heterocycles. The highest BCUT2D eigenvalue weighted by atomic mass is 16.3. The summed E-state index contributed by atoms with van der Waals surface area (Å²) in [4.78, 5) is 0.